The smallest absolute Gasteiger partial charge is 0.399 e. The molecule has 0 aliphatic rings. The summed E-state index contributed by atoms with van der Waals surface area (Å²) in [7, 11) is 0. The molecule has 0 bridgehead atoms. The molecule has 2 N–H and O–H groups in total. The van der Waals surface area contributed by atoms with Crippen LogP contribution in [-0.4, -0.2) is 0 Å². The lowest BCUT2D eigenvalue weighted by Gasteiger charge is -2.13. The van der Waals surface area contributed by atoms with Gasteiger partial charge in [-0.2, -0.15) is 13.2 Å². The zero-order valence-electron chi connectivity index (χ0n) is 10.1. The fourth-order valence-corrected chi connectivity index (χ4v) is 1.95. The molecule has 19 heavy (non-hydrogen) atoms. The largest absolute Gasteiger partial charge is 0.419 e. The van der Waals surface area contributed by atoms with Crippen molar-refractivity contribution in [3.63, 3.8) is 0 Å². The lowest BCUT2D eigenvalue weighted by molar-refractivity contribution is -0.139. The topological polar surface area (TPSA) is 26.0 Å². The predicted molar refractivity (Wildman–Crippen MR) is 66.0 cm³/mol. The van der Waals surface area contributed by atoms with E-state index in [0.29, 0.717) is 16.8 Å². The van der Waals surface area contributed by atoms with Crippen molar-refractivity contribution in [1.82, 2.24) is 0 Å². The van der Waals surface area contributed by atoms with Crippen LogP contribution in [0.25, 0.3) is 11.1 Å². The van der Waals surface area contributed by atoms with E-state index in [2.05, 4.69) is 0 Å². The van der Waals surface area contributed by atoms with Crippen LogP contribution in [0.2, 0.25) is 0 Å². The molecule has 0 aromatic heterocycles. The summed E-state index contributed by atoms with van der Waals surface area (Å²) in [5.74, 6) is -1.26. The van der Waals surface area contributed by atoms with Gasteiger partial charge in [-0.15, -0.1) is 0 Å². The highest BCUT2D eigenvalue weighted by molar-refractivity contribution is 5.70. The Morgan fingerprint density at radius 3 is 2.26 bits per heavy atom. The van der Waals surface area contributed by atoms with Crippen molar-refractivity contribution in [3.05, 3.63) is 53.3 Å². The molecular weight excluding hydrogens is 258 g/mol. The van der Waals surface area contributed by atoms with Crippen LogP contribution in [0.4, 0.5) is 23.2 Å². The molecule has 0 spiro atoms. The quantitative estimate of drug-likeness (QED) is 0.602. The average Bonchev–Trinajstić information content (AvgIpc) is 2.28. The third-order valence-corrected chi connectivity index (χ3v) is 2.84. The number of rotatable bonds is 1. The third-order valence-electron chi connectivity index (χ3n) is 2.84. The van der Waals surface area contributed by atoms with Crippen molar-refractivity contribution in [2.75, 3.05) is 5.73 Å². The van der Waals surface area contributed by atoms with Crippen LogP contribution in [0.1, 0.15) is 11.1 Å². The third kappa shape index (κ3) is 2.54. The average molecular weight is 269 g/mol. The summed E-state index contributed by atoms with van der Waals surface area (Å²) in [4.78, 5) is 0. The molecule has 0 fully saturated rings. The summed E-state index contributed by atoms with van der Waals surface area (Å²) in [6.45, 7) is 1.67. The minimum absolute atomic E-state index is 0.0766. The zero-order chi connectivity index (χ0) is 14.2. The molecule has 0 atom stereocenters. The number of benzene rings is 2. The van der Waals surface area contributed by atoms with Crippen LogP contribution in [0, 0.1) is 12.7 Å². The molecule has 100 valence electrons. The summed E-state index contributed by atoms with van der Waals surface area (Å²) >= 11 is 0. The van der Waals surface area contributed by atoms with Gasteiger partial charge in [-0.1, -0.05) is 18.2 Å². The molecule has 2 aromatic rings. The second kappa shape index (κ2) is 4.57. The van der Waals surface area contributed by atoms with Crippen LogP contribution in [0.3, 0.4) is 0 Å². The Morgan fingerprint density at radius 1 is 1.00 bits per heavy atom. The molecule has 5 heteroatoms. The van der Waals surface area contributed by atoms with Crippen molar-refractivity contribution in [3.8, 4) is 11.1 Å². The second-order valence-corrected chi connectivity index (χ2v) is 4.24. The Bertz CT molecular complexity index is 617. The minimum Gasteiger partial charge on any atom is -0.399 e. The maximum Gasteiger partial charge on any atom is 0.419 e. The molecule has 0 unspecified atom stereocenters. The van der Waals surface area contributed by atoms with Gasteiger partial charge in [0.05, 0.1) is 5.56 Å². The van der Waals surface area contributed by atoms with Gasteiger partial charge in [0, 0.05) is 11.3 Å². The van der Waals surface area contributed by atoms with Crippen LogP contribution in [-0.2, 0) is 6.18 Å². The first kappa shape index (κ1) is 13.4. The summed E-state index contributed by atoms with van der Waals surface area (Å²) in [5.41, 5.74) is 5.73. The van der Waals surface area contributed by atoms with E-state index in [1.54, 1.807) is 13.0 Å². The number of hydrogen-bond acceptors (Lipinski definition) is 1. The van der Waals surface area contributed by atoms with Crippen molar-refractivity contribution in [1.29, 1.82) is 0 Å². The zero-order valence-corrected chi connectivity index (χ0v) is 10.1. The van der Waals surface area contributed by atoms with E-state index in [4.69, 9.17) is 5.73 Å². The van der Waals surface area contributed by atoms with E-state index in [1.165, 1.54) is 24.3 Å². The van der Waals surface area contributed by atoms with Gasteiger partial charge in [-0.05, 0) is 36.2 Å². The Morgan fingerprint density at radius 2 is 1.68 bits per heavy atom. The SMILES string of the molecule is Cc1cc(N)ccc1-c1cccc(C(F)(F)F)c1F. The fourth-order valence-electron chi connectivity index (χ4n) is 1.95. The highest BCUT2D eigenvalue weighted by Gasteiger charge is 2.35. The van der Waals surface area contributed by atoms with Gasteiger partial charge in [0.15, 0.2) is 0 Å². The lowest BCUT2D eigenvalue weighted by Crippen LogP contribution is -2.09. The standard InChI is InChI=1S/C14H11F4N/c1-8-7-9(19)5-6-10(8)11-3-2-4-12(13(11)15)14(16,17)18/h2-7H,19H2,1H3. The Hall–Kier alpha value is -2.04. The van der Waals surface area contributed by atoms with E-state index < -0.39 is 17.6 Å². The molecule has 0 saturated carbocycles. The Balaban J connectivity index is 2.64. The number of anilines is 1. The van der Waals surface area contributed by atoms with Crippen molar-refractivity contribution >= 4 is 5.69 Å². The second-order valence-electron chi connectivity index (χ2n) is 4.24. The Labute approximate surface area is 107 Å². The molecule has 0 heterocycles. The maximum absolute atomic E-state index is 14.0. The summed E-state index contributed by atoms with van der Waals surface area (Å²) in [5, 5.41) is 0. The van der Waals surface area contributed by atoms with Crippen LogP contribution >= 0.6 is 0 Å². The molecular formula is C14H11F4N. The first-order chi connectivity index (χ1) is 8.80. The van der Waals surface area contributed by atoms with E-state index in [9.17, 15) is 17.6 Å². The first-order valence-electron chi connectivity index (χ1n) is 5.53. The first-order valence-corrected chi connectivity index (χ1v) is 5.53. The summed E-state index contributed by atoms with van der Waals surface area (Å²) in [6.07, 6.45) is -4.71. The summed E-state index contributed by atoms with van der Waals surface area (Å²) < 4.78 is 51.9. The van der Waals surface area contributed by atoms with Gasteiger partial charge < -0.3 is 5.73 Å². The lowest BCUT2D eigenvalue weighted by atomic mass is 9.97. The van der Waals surface area contributed by atoms with Gasteiger partial charge >= 0.3 is 6.18 Å². The van der Waals surface area contributed by atoms with E-state index >= 15 is 0 Å². The molecule has 0 saturated heterocycles. The van der Waals surface area contributed by atoms with Crippen LogP contribution < -0.4 is 5.73 Å². The van der Waals surface area contributed by atoms with Gasteiger partial charge in [0.2, 0.25) is 0 Å². The fraction of sp³-hybridized carbons (Fsp3) is 0.143. The predicted octanol–water partition coefficient (Wildman–Crippen LogP) is 4.40. The maximum atomic E-state index is 14.0. The van der Waals surface area contributed by atoms with E-state index in [1.807, 2.05) is 0 Å². The van der Waals surface area contributed by atoms with Gasteiger partial charge in [0.1, 0.15) is 5.82 Å². The van der Waals surface area contributed by atoms with E-state index in [0.717, 1.165) is 6.07 Å². The molecule has 0 radical (unpaired) electrons. The summed E-state index contributed by atoms with van der Waals surface area (Å²) in [6, 6.07) is 7.88. The monoisotopic (exact) mass is 269 g/mol. The molecule has 0 amide bonds. The number of nitrogen functional groups attached to an aromatic ring is 1. The molecule has 0 aliphatic carbocycles. The highest BCUT2D eigenvalue weighted by atomic mass is 19.4. The molecule has 1 nitrogen and oxygen atoms in total. The molecule has 0 aliphatic heterocycles. The number of hydrogen-bond donors (Lipinski definition) is 1. The molecule has 2 rings (SSSR count). The van der Waals surface area contributed by atoms with E-state index in [-0.39, 0.29) is 5.56 Å². The van der Waals surface area contributed by atoms with Crippen LogP contribution in [0.5, 0.6) is 0 Å². The normalized spacial score (nSPS) is 11.6. The highest BCUT2D eigenvalue weighted by Crippen LogP contribution is 2.36. The van der Waals surface area contributed by atoms with Gasteiger partial charge in [-0.3, -0.25) is 0 Å². The number of aryl methyl sites for hydroxylation is 1. The number of nitrogens with two attached hydrogens (primary N) is 1. The van der Waals surface area contributed by atoms with Crippen molar-refractivity contribution in [2.45, 2.75) is 13.1 Å². The van der Waals surface area contributed by atoms with Gasteiger partial charge in [0.25, 0.3) is 0 Å². The number of alkyl halides is 3. The Kier molecular flexibility index (Phi) is 3.22. The number of halogens is 4. The van der Waals surface area contributed by atoms with Crippen LogP contribution in [0.15, 0.2) is 36.4 Å². The van der Waals surface area contributed by atoms with Crippen molar-refractivity contribution in [2.24, 2.45) is 0 Å². The van der Waals surface area contributed by atoms with Gasteiger partial charge in [-0.25, -0.2) is 4.39 Å². The van der Waals surface area contributed by atoms with Crippen molar-refractivity contribution < 1.29 is 17.6 Å². The minimum atomic E-state index is -4.71. The molecule has 2 aromatic carbocycles.